The number of fused-ring (bicyclic) bond motifs is 2. The molecule has 20 heavy (non-hydrogen) atoms. The van der Waals surface area contributed by atoms with Crippen molar-refractivity contribution in [1.29, 1.82) is 0 Å². The van der Waals surface area contributed by atoms with Crippen LogP contribution in [-0.4, -0.2) is 9.55 Å². The SMILES string of the molecule is Cc1ccc2ccn(Cc3nc4ccccc4s3)c2c1. The fraction of sp³-hybridized carbons (Fsp3) is 0.118. The van der Waals surface area contributed by atoms with Crippen LogP contribution in [0.1, 0.15) is 10.6 Å². The molecule has 2 aromatic carbocycles. The summed E-state index contributed by atoms with van der Waals surface area (Å²) in [5.41, 5.74) is 3.67. The molecule has 0 aliphatic carbocycles. The fourth-order valence-corrected chi connectivity index (χ4v) is 3.53. The molecule has 0 aliphatic heterocycles. The van der Waals surface area contributed by atoms with Gasteiger partial charge in [0.25, 0.3) is 0 Å². The lowest BCUT2D eigenvalue weighted by Gasteiger charge is -2.03. The maximum Gasteiger partial charge on any atom is 0.114 e. The zero-order chi connectivity index (χ0) is 13.5. The van der Waals surface area contributed by atoms with Gasteiger partial charge in [0.05, 0.1) is 16.8 Å². The van der Waals surface area contributed by atoms with Crippen molar-refractivity contribution in [3.8, 4) is 0 Å². The Morgan fingerprint density at radius 1 is 1.10 bits per heavy atom. The van der Waals surface area contributed by atoms with E-state index in [-0.39, 0.29) is 0 Å². The van der Waals surface area contributed by atoms with E-state index >= 15 is 0 Å². The summed E-state index contributed by atoms with van der Waals surface area (Å²) in [4.78, 5) is 4.71. The Morgan fingerprint density at radius 3 is 2.90 bits per heavy atom. The Morgan fingerprint density at radius 2 is 2.00 bits per heavy atom. The first kappa shape index (κ1) is 11.7. The van der Waals surface area contributed by atoms with Crippen molar-refractivity contribution in [2.45, 2.75) is 13.5 Å². The van der Waals surface area contributed by atoms with Crippen molar-refractivity contribution in [2.75, 3.05) is 0 Å². The van der Waals surface area contributed by atoms with Gasteiger partial charge in [-0.05, 0) is 42.1 Å². The minimum atomic E-state index is 0.840. The Kier molecular flexibility index (Phi) is 2.60. The third kappa shape index (κ3) is 1.91. The van der Waals surface area contributed by atoms with Gasteiger partial charge in [-0.2, -0.15) is 0 Å². The molecule has 0 amide bonds. The second kappa shape index (κ2) is 4.46. The summed E-state index contributed by atoms with van der Waals surface area (Å²) < 4.78 is 3.54. The predicted molar refractivity (Wildman–Crippen MR) is 85.4 cm³/mol. The number of thiazole rings is 1. The van der Waals surface area contributed by atoms with E-state index in [1.165, 1.54) is 21.2 Å². The molecule has 4 rings (SSSR count). The minimum Gasteiger partial charge on any atom is -0.341 e. The van der Waals surface area contributed by atoms with Crippen LogP contribution in [0.2, 0.25) is 0 Å². The Hall–Kier alpha value is -2.13. The first-order chi connectivity index (χ1) is 9.79. The number of benzene rings is 2. The summed E-state index contributed by atoms with van der Waals surface area (Å²) in [6.45, 7) is 2.97. The lowest BCUT2D eigenvalue weighted by atomic mass is 10.2. The van der Waals surface area contributed by atoms with Crippen LogP contribution in [0.15, 0.2) is 54.7 Å². The zero-order valence-corrected chi connectivity index (χ0v) is 12.0. The smallest absolute Gasteiger partial charge is 0.114 e. The summed E-state index contributed by atoms with van der Waals surface area (Å²) in [6, 6.07) is 17.1. The monoisotopic (exact) mass is 278 g/mol. The van der Waals surface area contributed by atoms with E-state index in [0.29, 0.717) is 0 Å². The van der Waals surface area contributed by atoms with Gasteiger partial charge in [-0.3, -0.25) is 0 Å². The van der Waals surface area contributed by atoms with E-state index in [2.05, 4.69) is 60.2 Å². The Labute approximate surface area is 121 Å². The second-order valence-corrected chi connectivity index (χ2v) is 6.20. The van der Waals surface area contributed by atoms with Crippen LogP contribution >= 0.6 is 11.3 Å². The molecule has 0 aliphatic rings. The molecule has 3 heteroatoms. The maximum absolute atomic E-state index is 4.71. The highest BCUT2D eigenvalue weighted by Crippen LogP contribution is 2.24. The average molecular weight is 278 g/mol. The highest BCUT2D eigenvalue weighted by atomic mass is 32.1. The van der Waals surface area contributed by atoms with Gasteiger partial charge in [-0.15, -0.1) is 11.3 Å². The van der Waals surface area contributed by atoms with Gasteiger partial charge in [0.2, 0.25) is 0 Å². The van der Waals surface area contributed by atoms with Crippen LogP contribution in [0, 0.1) is 6.92 Å². The molecular formula is C17H14N2S. The van der Waals surface area contributed by atoms with Gasteiger partial charge >= 0.3 is 0 Å². The lowest BCUT2D eigenvalue weighted by molar-refractivity contribution is 0.830. The van der Waals surface area contributed by atoms with Crippen LogP contribution in [-0.2, 0) is 6.54 Å². The molecule has 2 heterocycles. The molecular weight excluding hydrogens is 264 g/mol. The number of aromatic nitrogens is 2. The van der Waals surface area contributed by atoms with Crippen molar-refractivity contribution in [3.05, 3.63) is 65.3 Å². The van der Waals surface area contributed by atoms with E-state index < -0.39 is 0 Å². The number of hydrogen-bond acceptors (Lipinski definition) is 2. The molecule has 0 fully saturated rings. The Balaban J connectivity index is 1.78. The van der Waals surface area contributed by atoms with Crippen molar-refractivity contribution in [1.82, 2.24) is 9.55 Å². The van der Waals surface area contributed by atoms with E-state index in [9.17, 15) is 0 Å². The number of para-hydroxylation sites is 1. The first-order valence-corrected chi connectivity index (χ1v) is 7.51. The third-order valence-corrected chi connectivity index (χ3v) is 4.59. The molecule has 2 nitrogen and oxygen atoms in total. The van der Waals surface area contributed by atoms with Gasteiger partial charge in [-0.25, -0.2) is 4.98 Å². The first-order valence-electron chi connectivity index (χ1n) is 6.69. The van der Waals surface area contributed by atoms with Gasteiger partial charge in [0.1, 0.15) is 5.01 Å². The average Bonchev–Trinajstić information content (AvgIpc) is 3.03. The molecule has 0 N–H and O–H groups in total. The molecule has 0 bridgehead atoms. The molecule has 2 aromatic heterocycles. The molecule has 0 saturated heterocycles. The minimum absolute atomic E-state index is 0.840. The van der Waals surface area contributed by atoms with Gasteiger partial charge in [-0.1, -0.05) is 24.3 Å². The molecule has 4 aromatic rings. The normalized spacial score (nSPS) is 11.4. The second-order valence-electron chi connectivity index (χ2n) is 5.08. The Bertz CT molecular complexity index is 869. The molecule has 0 unspecified atom stereocenters. The zero-order valence-electron chi connectivity index (χ0n) is 11.2. The summed E-state index contributed by atoms with van der Waals surface area (Å²) in [6.07, 6.45) is 2.15. The highest BCUT2D eigenvalue weighted by molar-refractivity contribution is 7.18. The van der Waals surface area contributed by atoms with Crippen LogP contribution in [0.4, 0.5) is 0 Å². The lowest BCUT2D eigenvalue weighted by Crippen LogP contribution is -1.97. The fourth-order valence-electron chi connectivity index (χ4n) is 2.57. The van der Waals surface area contributed by atoms with Crippen molar-refractivity contribution >= 4 is 32.5 Å². The largest absolute Gasteiger partial charge is 0.341 e. The standard InChI is InChI=1S/C17H14N2S/c1-12-6-7-13-8-9-19(15(13)10-12)11-17-18-14-4-2-3-5-16(14)20-17/h2-10H,11H2,1H3. The molecule has 0 atom stereocenters. The van der Waals surface area contributed by atoms with E-state index in [1.807, 2.05) is 6.07 Å². The van der Waals surface area contributed by atoms with Gasteiger partial charge in [0, 0.05) is 11.7 Å². The maximum atomic E-state index is 4.71. The quantitative estimate of drug-likeness (QED) is 0.523. The van der Waals surface area contributed by atoms with E-state index in [0.717, 1.165) is 17.1 Å². The topological polar surface area (TPSA) is 17.8 Å². The summed E-state index contributed by atoms with van der Waals surface area (Å²) >= 11 is 1.78. The summed E-state index contributed by atoms with van der Waals surface area (Å²) in [5.74, 6) is 0. The number of nitrogens with zero attached hydrogens (tertiary/aromatic N) is 2. The van der Waals surface area contributed by atoms with Crippen LogP contribution in [0.5, 0.6) is 0 Å². The number of aryl methyl sites for hydroxylation is 1. The summed E-state index contributed by atoms with van der Waals surface area (Å²) in [7, 11) is 0. The predicted octanol–water partition coefficient (Wildman–Crippen LogP) is 4.61. The van der Waals surface area contributed by atoms with Gasteiger partial charge < -0.3 is 4.57 Å². The van der Waals surface area contributed by atoms with Crippen LogP contribution in [0.25, 0.3) is 21.1 Å². The van der Waals surface area contributed by atoms with Crippen molar-refractivity contribution in [3.63, 3.8) is 0 Å². The molecule has 0 saturated carbocycles. The molecule has 98 valence electrons. The van der Waals surface area contributed by atoms with Crippen molar-refractivity contribution in [2.24, 2.45) is 0 Å². The van der Waals surface area contributed by atoms with Gasteiger partial charge in [0.15, 0.2) is 0 Å². The van der Waals surface area contributed by atoms with Crippen molar-refractivity contribution < 1.29 is 0 Å². The highest BCUT2D eigenvalue weighted by Gasteiger charge is 2.06. The summed E-state index contributed by atoms with van der Waals surface area (Å²) in [5, 5.41) is 2.45. The third-order valence-electron chi connectivity index (χ3n) is 3.57. The van der Waals surface area contributed by atoms with E-state index in [1.54, 1.807) is 11.3 Å². The van der Waals surface area contributed by atoms with Crippen LogP contribution < -0.4 is 0 Å². The number of hydrogen-bond donors (Lipinski definition) is 0. The number of rotatable bonds is 2. The van der Waals surface area contributed by atoms with Crippen LogP contribution in [0.3, 0.4) is 0 Å². The molecule has 0 spiro atoms. The molecule has 0 radical (unpaired) electrons. The van der Waals surface area contributed by atoms with E-state index in [4.69, 9.17) is 4.98 Å².